The Labute approximate surface area is 182 Å². The number of aliphatic imine (C=N–C) groups is 1. The van der Waals surface area contributed by atoms with Crippen molar-refractivity contribution in [2.75, 3.05) is 39.1 Å². The molecule has 1 fully saturated rings. The van der Waals surface area contributed by atoms with Crippen LogP contribution in [0.15, 0.2) is 23.2 Å². The molecule has 1 aliphatic heterocycles. The lowest BCUT2D eigenvalue weighted by Gasteiger charge is -2.34. The van der Waals surface area contributed by atoms with Gasteiger partial charge in [0.1, 0.15) is 11.6 Å². The van der Waals surface area contributed by atoms with Crippen molar-refractivity contribution in [1.29, 1.82) is 0 Å². The largest absolute Gasteiger partial charge is 0.381 e. The van der Waals surface area contributed by atoms with Gasteiger partial charge in [0.2, 0.25) is 0 Å². The molecule has 0 amide bonds. The first kappa shape index (κ1) is 25.0. The predicted octanol–water partition coefficient (Wildman–Crippen LogP) is 2.27. The van der Waals surface area contributed by atoms with E-state index in [0.717, 1.165) is 12.1 Å². The zero-order valence-electron chi connectivity index (χ0n) is 16.1. The highest BCUT2D eigenvalue weighted by Gasteiger charge is 2.42. The summed E-state index contributed by atoms with van der Waals surface area (Å²) in [4.78, 5) is 4.44. The Hall–Kier alpha value is -1.01. The van der Waals surface area contributed by atoms with Gasteiger partial charge in [-0.25, -0.2) is 17.2 Å². The summed E-state index contributed by atoms with van der Waals surface area (Å²) in [5.41, 5.74) is 0.274. The molecule has 0 spiro atoms. The summed E-state index contributed by atoms with van der Waals surface area (Å²) in [6, 6.07) is 3.35. The lowest BCUT2D eigenvalue weighted by atomic mass is 9.99. The molecule has 1 saturated heterocycles. The van der Waals surface area contributed by atoms with Crippen LogP contribution in [0.25, 0.3) is 0 Å². The molecule has 0 bridgehead atoms. The van der Waals surface area contributed by atoms with Gasteiger partial charge in [0.05, 0.1) is 11.3 Å². The molecule has 28 heavy (non-hydrogen) atoms. The zero-order valence-corrected chi connectivity index (χ0v) is 19.3. The summed E-state index contributed by atoms with van der Waals surface area (Å²) in [5.74, 6) is -0.496. The summed E-state index contributed by atoms with van der Waals surface area (Å²) >= 11 is 0. The Morgan fingerprint density at radius 2 is 1.93 bits per heavy atom. The molecule has 0 aromatic heterocycles. The fourth-order valence-electron chi connectivity index (χ4n) is 3.00. The number of ether oxygens (including phenoxy) is 1. The number of halogens is 3. The average molecular weight is 531 g/mol. The highest BCUT2D eigenvalue weighted by Crippen LogP contribution is 2.29. The molecule has 10 heteroatoms. The molecule has 6 nitrogen and oxygen atoms in total. The third-order valence-electron chi connectivity index (χ3n) is 4.75. The van der Waals surface area contributed by atoms with E-state index < -0.39 is 26.2 Å². The lowest BCUT2D eigenvalue weighted by molar-refractivity contribution is 0.0768. The summed E-state index contributed by atoms with van der Waals surface area (Å²) in [6.07, 6.45) is 2.33. The Morgan fingerprint density at radius 3 is 2.54 bits per heavy atom. The van der Waals surface area contributed by atoms with Crippen molar-refractivity contribution in [3.05, 3.63) is 35.4 Å². The molecule has 0 saturated carbocycles. The number of rotatable bonds is 7. The quantitative estimate of drug-likeness (QED) is 0.321. The van der Waals surface area contributed by atoms with E-state index >= 15 is 0 Å². The number of guanidine groups is 1. The second-order valence-electron chi connectivity index (χ2n) is 6.68. The number of sulfone groups is 1. The number of nitrogens with one attached hydrogen (secondary N) is 2. The van der Waals surface area contributed by atoms with E-state index in [1.54, 1.807) is 0 Å². The Morgan fingerprint density at radius 1 is 1.25 bits per heavy atom. The molecule has 2 N–H and O–H groups in total. The molecule has 0 unspecified atom stereocenters. The highest BCUT2D eigenvalue weighted by molar-refractivity contribution is 14.0. The topological polar surface area (TPSA) is 79.8 Å². The molecule has 0 atom stereocenters. The van der Waals surface area contributed by atoms with Crippen LogP contribution in [-0.4, -0.2) is 58.2 Å². The van der Waals surface area contributed by atoms with E-state index in [-0.39, 0.29) is 42.5 Å². The second-order valence-corrected chi connectivity index (χ2v) is 9.09. The van der Waals surface area contributed by atoms with Gasteiger partial charge in [-0.2, -0.15) is 0 Å². The van der Waals surface area contributed by atoms with E-state index in [1.165, 1.54) is 12.3 Å². The number of nitrogens with zero attached hydrogens (tertiary/aromatic N) is 1. The minimum Gasteiger partial charge on any atom is -0.381 e. The first-order valence-corrected chi connectivity index (χ1v) is 10.9. The minimum atomic E-state index is -3.31. The zero-order chi connectivity index (χ0) is 19.9. The van der Waals surface area contributed by atoms with Gasteiger partial charge >= 0.3 is 0 Å². The molecule has 1 aliphatic rings. The molecular formula is C18H28F2IN3O3S. The maximum atomic E-state index is 13.7. The Kier molecular flexibility index (Phi) is 10.1. The van der Waals surface area contributed by atoms with Gasteiger partial charge in [-0.15, -0.1) is 24.0 Å². The van der Waals surface area contributed by atoms with Gasteiger partial charge in [-0.1, -0.05) is 0 Å². The Balaban J connectivity index is 0.00000392. The fraction of sp³-hybridized carbons (Fsp3) is 0.611. The van der Waals surface area contributed by atoms with Crippen molar-refractivity contribution in [3.63, 3.8) is 0 Å². The second kappa shape index (κ2) is 11.2. The molecule has 2 rings (SSSR count). The van der Waals surface area contributed by atoms with Crippen LogP contribution in [-0.2, 0) is 21.0 Å². The maximum Gasteiger partial charge on any atom is 0.191 e. The fourth-order valence-corrected chi connectivity index (χ4v) is 4.21. The van der Waals surface area contributed by atoms with Crippen molar-refractivity contribution in [2.45, 2.75) is 30.9 Å². The van der Waals surface area contributed by atoms with Crippen molar-refractivity contribution in [3.8, 4) is 0 Å². The molecular weight excluding hydrogens is 503 g/mol. The van der Waals surface area contributed by atoms with Crippen LogP contribution in [0.3, 0.4) is 0 Å². The van der Waals surface area contributed by atoms with E-state index in [0.29, 0.717) is 45.1 Å². The van der Waals surface area contributed by atoms with Crippen LogP contribution in [0.5, 0.6) is 0 Å². The summed E-state index contributed by atoms with van der Waals surface area (Å²) in [7, 11) is -3.31. The van der Waals surface area contributed by atoms with Crippen molar-refractivity contribution < 1.29 is 21.9 Å². The van der Waals surface area contributed by atoms with Crippen LogP contribution >= 0.6 is 24.0 Å². The molecule has 1 aromatic rings. The minimum absolute atomic E-state index is 0. The highest BCUT2D eigenvalue weighted by atomic mass is 127. The number of hydrogen-bond acceptors (Lipinski definition) is 4. The predicted molar refractivity (Wildman–Crippen MR) is 117 cm³/mol. The van der Waals surface area contributed by atoms with Crippen LogP contribution in [0.4, 0.5) is 8.78 Å². The van der Waals surface area contributed by atoms with E-state index in [9.17, 15) is 17.2 Å². The Bertz CT molecular complexity index is 769. The van der Waals surface area contributed by atoms with Gasteiger partial charge in [0.25, 0.3) is 0 Å². The maximum absolute atomic E-state index is 13.7. The summed E-state index contributed by atoms with van der Waals surface area (Å²) in [6.45, 7) is 3.73. The van der Waals surface area contributed by atoms with Crippen LogP contribution < -0.4 is 10.6 Å². The van der Waals surface area contributed by atoms with Crippen LogP contribution in [0, 0.1) is 11.6 Å². The monoisotopic (exact) mass is 531 g/mol. The van der Waals surface area contributed by atoms with Crippen LogP contribution in [0.2, 0.25) is 0 Å². The lowest BCUT2D eigenvalue weighted by Crippen LogP contribution is -2.47. The molecule has 0 aliphatic carbocycles. The number of hydrogen-bond donors (Lipinski definition) is 2. The van der Waals surface area contributed by atoms with Crippen molar-refractivity contribution >= 4 is 39.8 Å². The van der Waals surface area contributed by atoms with Gasteiger partial charge < -0.3 is 15.4 Å². The normalized spacial score (nSPS) is 16.9. The van der Waals surface area contributed by atoms with E-state index in [2.05, 4.69) is 15.6 Å². The van der Waals surface area contributed by atoms with Crippen LogP contribution in [0.1, 0.15) is 25.3 Å². The SMILES string of the molecule is CCNC(=NCC1(S(C)(=O)=O)CCOCC1)NCCc1cc(F)ccc1F.I. The van der Waals surface area contributed by atoms with Gasteiger partial charge in [0.15, 0.2) is 15.8 Å². The number of benzene rings is 1. The first-order chi connectivity index (χ1) is 12.8. The standard InChI is InChI=1S/C18H27F2N3O3S.HI/c1-3-21-17(22-9-6-14-12-15(19)4-5-16(14)20)23-13-18(27(2,24)25)7-10-26-11-8-18;/h4-5,12H,3,6-11,13H2,1-2H3,(H2,21,22,23);1H. The molecule has 160 valence electrons. The molecule has 1 heterocycles. The summed E-state index contributed by atoms with van der Waals surface area (Å²) in [5, 5.41) is 6.10. The third kappa shape index (κ3) is 6.80. The van der Waals surface area contributed by atoms with Crippen molar-refractivity contribution in [2.24, 2.45) is 4.99 Å². The smallest absolute Gasteiger partial charge is 0.191 e. The third-order valence-corrected chi connectivity index (χ3v) is 6.87. The first-order valence-electron chi connectivity index (χ1n) is 9.01. The molecule has 0 radical (unpaired) electrons. The molecule has 1 aromatic carbocycles. The van der Waals surface area contributed by atoms with Gasteiger partial charge in [0, 0.05) is 32.6 Å². The van der Waals surface area contributed by atoms with Crippen molar-refractivity contribution in [1.82, 2.24) is 10.6 Å². The van der Waals surface area contributed by atoms with Gasteiger partial charge in [-0.3, -0.25) is 4.99 Å². The van der Waals surface area contributed by atoms with E-state index in [1.807, 2.05) is 6.92 Å². The average Bonchev–Trinajstić information content (AvgIpc) is 2.62. The van der Waals surface area contributed by atoms with Gasteiger partial charge in [-0.05, 0) is 49.9 Å². The summed E-state index contributed by atoms with van der Waals surface area (Å²) < 4.78 is 55.9. The van der Waals surface area contributed by atoms with E-state index in [4.69, 9.17) is 4.74 Å².